The van der Waals surface area contributed by atoms with E-state index in [-0.39, 0.29) is 5.91 Å². The second-order valence-corrected chi connectivity index (χ2v) is 8.26. The zero-order chi connectivity index (χ0) is 20.8. The van der Waals surface area contributed by atoms with Crippen LogP contribution in [-0.4, -0.2) is 81.2 Å². The van der Waals surface area contributed by atoms with E-state index in [1.807, 2.05) is 25.1 Å². The van der Waals surface area contributed by atoms with Crippen molar-refractivity contribution in [1.82, 2.24) is 20.1 Å². The molecule has 158 valence electrons. The van der Waals surface area contributed by atoms with Crippen LogP contribution in [-0.2, 0) is 0 Å². The van der Waals surface area contributed by atoms with E-state index in [0.29, 0.717) is 22.9 Å². The zero-order valence-electron chi connectivity index (χ0n) is 17.7. The Morgan fingerprint density at radius 3 is 2.59 bits per heavy atom. The average Bonchev–Trinajstić information content (AvgIpc) is 3.13. The average molecular weight is 419 g/mol. The van der Waals surface area contributed by atoms with Crippen molar-refractivity contribution in [3.05, 3.63) is 28.8 Å². The number of methoxy groups -OCH3 is 2. The molecule has 1 aromatic carbocycles. The first-order chi connectivity index (χ1) is 14.0. The lowest BCUT2D eigenvalue weighted by atomic mass is 10.2. The summed E-state index contributed by atoms with van der Waals surface area (Å²) in [7, 11) is 5.37. The number of aryl methyl sites for hydroxylation is 1. The predicted octanol–water partition coefficient (Wildman–Crippen LogP) is 2.50. The van der Waals surface area contributed by atoms with Crippen LogP contribution in [0.3, 0.4) is 0 Å². The Morgan fingerprint density at radius 1 is 1.17 bits per heavy atom. The van der Waals surface area contributed by atoms with Gasteiger partial charge in [-0.3, -0.25) is 4.79 Å². The van der Waals surface area contributed by atoms with E-state index in [2.05, 4.69) is 27.1 Å². The van der Waals surface area contributed by atoms with E-state index in [4.69, 9.17) is 9.47 Å². The van der Waals surface area contributed by atoms with Gasteiger partial charge in [-0.25, -0.2) is 4.98 Å². The van der Waals surface area contributed by atoms with E-state index >= 15 is 0 Å². The van der Waals surface area contributed by atoms with E-state index < -0.39 is 0 Å². The fourth-order valence-corrected chi connectivity index (χ4v) is 4.34. The number of ether oxygens (including phenoxy) is 2. The number of benzene rings is 1. The molecular formula is C21H30N4O3S. The van der Waals surface area contributed by atoms with Crippen LogP contribution < -0.4 is 14.8 Å². The Morgan fingerprint density at radius 2 is 1.90 bits per heavy atom. The van der Waals surface area contributed by atoms with E-state index in [1.54, 1.807) is 14.2 Å². The van der Waals surface area contributed by atoms with Gasteiger partial charge >= 0.3 is 0 Å². The number of likely N-dealkylation sites (N-methyl/N-ethyl adjacent to an activating group) is 1. The summed E-state index contributed by atoms with van der Waals surface area (Å²) < 4.78 is 10.7. The van der Waals surface area contributed by atoms with Gasteiger partial charge in [0.2, 0.25) is 0 Å². The van der Waals surface area contributed by atoms with Crippen LogP contribution in [0, 0.1) is 6.92 Å². The summed E-state index contributed by atoms with van der Waals surface area (Å²) in [4.78, 5) is 22.7. The number of nitrogens with one attached hydrogen (secondary N) is 1. The molecule has 0 saturated carbocycles. The Labute approximate surface area is 176 Å². The van der Waals surface area contributed by atoms with Crippen LogP contribution in [0.4, 0.5) is 0 Å². The standard InChI is InChI=1S/C21H30N4O3S/c1-15-19(20(26)22-8-5-9-25-12-10-24(2)11-13-25)29-21(23-15)16-6-7-17(27-3)18(14-16)28-4/h6-7,14H,5,8-13H2,1-4H3,(H,22,26). The molecule has 1 amide bonds. The van der Waals surface area contributed by atoms with Gasteiger partial charge in [0.05, 0.1) is 19.9 Å². The molecule has 8 heteroatoms. The molecule has 0 atom stereocenters. The molecule has 1 N–H and O–H groups in total. The first-order valence-electron chi connectivity index (χ1n) is 9.90. The largest absolute Gasteiger partial charge is 0.493 e. The molecule has 1 aliphatic rings. The molecule has 7 nitrogen and oxygen atoms in total. The number of piperazine rings is 1. The smallest absolute Gasteiger partial charge is 0.263 e. The summed E-state index contributed by atoms with van der Waals surface area (Å²) in [6.07, 6.45) is 0.954. The minimum Gasteiger partial charge on any atom is -0.493 e. The summed E-state index contributed by atoms with van der Waals surface area (Å²) in [5.41, 5.74) is 1.65. The lowest BCUT2D eigenvalue weighted by Crippen LogP contribution is -2.45. The van der Waals surface area contributed by atoms with Crippen LogP contribution in [0.15, 0.2) is 18.2 Å². The highest BCUT2D eigenvalue weighted by Gasteiger charge is 2.18. The monoisotopic (exact) mass is 418 g/mol. The molecule has 0 spiro atoms. The Bertz CT molecular complexity index is 831. The summed E-state index contributed by atoms with van der Waals surface area (Å²) >= 11 is 1.40. The molecule has 2 aromatic rings. The number of aromatic nitrogens is 1. The van der Waals surface area contributed by atoms with Gasteiger partial charge in [-0.2, -0.15) is 0 Å². The lowest BCUT2D eigenvalue weighted by molar-refractivity contribution is 0.0952. The maximum Gasteiger partial charge on any atom is 0.263 e. The van der Waals surface area contributed by atoms with E-state index in [9.17, 15) is 4.79 Å². The van der Waals surface area contributed by atoms with E-state index in [1.165, 1.54) is 11.3 Å². The van der Waals surface area contributed by atoms with Gasteiger partial charge in [-0.15, -0.1) is 11.3 Å². The fourth-order valence-electron chi connectivity index (χ4n) is 3.36. The van der Waals surface area contributed by atoms with Crippen LogP contribution >= 0.6 is 11.3 Å². The Hall–Kier alpha value is -2.16. The molecule has 0 bridgehead atoms. The van der Waals surface area contributed by atoms with Gasteiger partial charge in [0, 0.05) is 38.3 Å². The first kappa shape index (κ1) is 21.5. The minimum absolute atomic E-state index is 0.0508. The number of hydrogen-bond acceptors (Lipinski definition) is 7. The summed E-state index contributed by atoms with van der Waals surface area (Å²) in [5, 5.41) is 3.84. The number of carbonyl (C=O) groups is 1. The third-order valence-corrected chi connectivity index (χ3v) is 6.37. The molecular weight excluding hydrogens is 388 g/mol. The minimum atomic E-state index is -0.0508. The maximum absolute atomic E-state index is 12.6. The van der Waals surface area contributed by atoms with Crippen molar-refractivity contribution >= 4 is 17.2 Å². The third-order valence-electron chi connectivity index (χ3n) is 5.17. The van der Waals surface area contributed by atoms with Gasteiger partial charge in [0.1, 0.15) is 9.88 Å². The van der Waals surface area contributed by atoms with Crippen LogP contribution in [0.25, 0.3) is 10.6 Å². The molecule has 1 saturated heterocycles. The highest BCUT2D eigenvalue weighted by molar-refractivity contribution is 7.17. The molecule has 1 aromatic heterocycles. The van der Waals surface area contributed by atoms with Crippen LogP contribution in [0.1, 0.15) is 21.8 Å². The molecule has 0 aliphatic carbocycles. The second-order valence-electron chi connectivity index (χ2n) is 7.26. The normalized spacial score (nSPS) is 15.3. The van der Waals surface area contributed by atoms with Crippen molar-refractivity contribution in [3.63, 3.8) is 0 Å². The van der Waals surface area contributed by atoms with Crippen molar-refractivity contribution in [1.29, 1.82) is 0 Å². The van der Waals surface area contributed by atoms with Gasteiger partial charge in [0.25, 0.3) is 5.91 Å². The van der Waals surface area contributed by atoms with Crippen molar-refractivity contribution in [3.8, 4) is 22.1 Å². The number of nitrogens with zero attached hydrogens (tertiary/aromatic N) is 3. The van der Waals surface area contributed by atoms with Gasteiger partial charge in [0.15, 0.2) is 11.5 Å². The summed E-state index contributed by atoms with van der Waals surface area (Å²) in [6, 6.07) is 5.66. The van der Waals surface area contributed by atoms with Crippen molar-refractivity contribution < 1.29 is 14.3 Å². The van der Waals surface area contributed by atoms with E-state index in [0.717, 1.165) is 55.4 Å². The molecule has 0 unspecified atom stereocenters. The molecule has 3 rings (SSSR count). The second kappa shape index (κ2) is 10.0. The summed E-state index contributed by atoms with van der Waals surface area (Å²) in [5.74, 6) is 1.26. The highest BCUT2D eigenvalue weighted by atomic mass is 32.1. The van der Waals surface area contributed by atoms with Crippen LogP contribution in [0.2, 0.25) is 0 Å². The van der Waals surface area contributed by atoms with Crippen molar-refractivity contribution in [2.45, 2.75) is 13.3 Å². The topological polar surface area (TPSA) is 66.9 Å². The van der Waals surface area contributed by atoms with Gasteiger partial charge in [-0.05, 0) is 45.1 Å². The van der Waals surface area contributed by atoms with Gasteiger partial charge < -0.3 is 24.6 Å². The lowest BCUT2D eigenvalue weighted by Gasteiger charge is -2.32. The van der Waals surface area contributed by atoms with Crippen molar-refractivity contribution in [2.75, 3.05) is 60.5 Å². The van der Waals surface area contributed by atoms with Gasteiger partial charge in [-0.1, -0.05) is 0 Å². The maximum atomic E-state index is 12.6. The molecule has 2 heterocycles. The quantitative estimate of drug-likeness (QED) is 0.665. The highest BCUT2D eigenvalue weighted by Crippen LogP contribution is 2.34. The Balaban J connectivity index is 1.56. The van der Waals surface area contributed by atoms with Crippen LogP contribution in [0.5, 0.6) is 11.5 Å². The predicted molar refractivity (Wildman–Crippen MR) is 116 cm³/mol. The number of carbonyl (C=O) groups excluding carboxylic acids is 1. The summed E-state index contributed by atoms with van der Waals surface area (Å²) in [6.45, 7) is 8.01. The number of rotatable bonds is 8. The third kappa shape index (κ3) is 5.46. The number of hydrogen-bond donors (Lipinski definition) is 1. The molecule has 29 heavy (non-hydrogen) atoms. The zero-order valence-corrected chi connectivity index (χ0v) is 18.5. The molecule has 1 fully saturated rings. The molecule has 1 aliphatic heterocycles. The van der Waals surface area contributed by atoms with Crippen molar-refractivity contribution in [2.24, 2.45) is 0 Å². The number of amides is 1. The fraction of sp³-hybridized carbons (Fsp3) is 0.524. The molecule has 0 radical (unpaired) electrons. The SMILES string of the molecule is COc1ccc(-c2nc(C)c(C(=O)NCCCN3CCN(C)CC3)s2)cc1OC. The number of thiazole rings is 1. The Kier molecular flexibility index (Phi) is 7.46. The first-order valence-corrected chi connectivity index (χ1v) is 10.7.